The molecule has 0 bridgehead atoms. The predicted molar refractivity (Wildman–Crippen MR) is 515 cm³/mol. The fourth-order valence-electron chi connectivity index (χ4n) is 8.63. The summed E-state index contributed by atoms with van der Waals surface area (Å²) in [5.74, 6) is 6.03. The molecule has 9 rings (SSSR count). The number of hydrogen-bond donors (Lipinski definition) is 5. The number of thiocarbonyl (C=S) groups is 1. The summed E-state index contributed by atoms with van der Waals surface area (Å²) in [5, 5.41) is 89.6. The third-order valence-corrected chi connectivity index (χ3v) is 15.4. The Balaban J connectivity index is -0.000000459. The van der Waals surface area contributed by atoms with Crippen LogP contribution in [0.1, 0.15) is 171 Å². The maximum atomic E-state index is 11.5. The van der Waals surface area contributed by atoms with Gasteiger partial charge in [0.1, 0.15) is 64.2 Å². The number of alkyl halides is 1. The Morgan fingerprint density at radius 3 is 1.19 bits per heavy atom. The molecule has 2 heterocycles. The molecule has 9 aromatic rings. The molecular formula is C91H104Br5K2N15O15S2. The van der Waals surface area contributed by atoms with Gasteiger partial charge in [-0.2, -0.15) is 36.7 Å². The number of aromatic hydroxyl groups is 1. The number of H-pyrrole nitrogens is 1. The fraction of sp³-hybridized carbons (Fsp3) is 0.319. The molecule has 30 nitrogen and oxygen atoms in total. The van der Waals surface area contributed by atoms with E-state index in [1.54, 1.807) is 119 Å². The minimum Gasteiger partial charge on any atom is -1.00 e. The second-order valence-electron chi connectivity index (χ2n) is 27.4. The van der Waals surface area contributed by atoms with E-state index in [0.29, 0.717) is 101 Å². The molecule has 0 aliphatic rings. The molecule has 39 heteroatoms. The largest absolute Gasteiger partial charge is 1.00 e. The van der Waals surface area contributed by atoms with Crippen LogP contribution >= 0.6 is 104 Å². The number of aromatic amines is 1. The smallest absolute Gasteiger partial charge is 1.00 e. The first kappa shape index (κ1) is 128. The van der Waals surface area contributed by atoms with Crippen LogP contribution in [-0.2, 0) is 33.5 Å². The van der Waals surface area contributed by atoms with Crippen molar-refractivity contribution < 1.29 is 177 Å². The number of nitrogens with two attached hydrogens (primary N) is 2. The molecule has 7 N–H and O–H groups in total. The number of phenolic OH excluding ortho intramolecular Hbond substituents is 1. The number of ether oxygens (including phenoxy) is 8. The average Bonchev–Trinajstić information content (AvgIpc) is 1.73. The summed E-state index contributed by atoms with van der Waals surface area (Å²) in [6.45, 7) is 34.4. The van der Waals surface area contributed by atoms with Crippen LogP contribution in [0.3, 0.4) is 0 Å². The van der Waals surface area contributed by atoms with Crippen molar-refractivity contribution in [3.63, 3.8) is 0 Å². The molecule has 0 aliphatic heterocycles. The number of halogens is 5. The number of rotatable bonds is 22. The summed E-state index contributed by atoms with van der Waals surface area (Å²) in [7, 11) is 0. The number of aldehydes is 1. The van der Waals surface area contributed by atoms with Gasteiger partial charge in [-0.1, -0.05) is 106 Å². The van der Waals surface area contributed by atoms with Crippen molar-refractivity contribution in [1.82, 2.24) is 29.9 Å². The molecule has 0 atom stereocenters. The van der Waals surface area contributed by atoms with E-state index in [1.165, 1.54) is 47.4 Å². The van der Waals surface area contributed by atoms with Gasteiger partial charge in [-0.15, -0.1) is 23.3 Å². The second-order valence-corrected chi connectivity index (χ2v) is 34.2. The van der Waals surface area contributed by atoms with E-state index in [1.807, 2.05) is 144 Å². The number of terminal acetylenes is 1. The first-order valence-electron chi connectivity index (χ1n) is 38.3. The van der Waals surface area contributed by atoms with Crippen molar-refractivity contribution >= 4 is 145 Å². The van der Waals surface area contributed by atoms with Crippen LogP contribution in [0.25, 0.3) is 29.0 Å². The molecule has 0 unspecified atom stereocenters. The molecule has 0 aliphatic carbocycles. The third kappa shape index (κ3) is 63.3. The Morgan fingerprint density at radius 2 is 0.877 bits per heavy atom. The van der Waals surface area contributed by atoms with E-state index < -0.39 is 11.9 Å². The van der Waals surface area contributed by atoms with Gasteiger partial charge in [0, 0.05) is 69.7 Å². The molecule has 0 fully saturated rings. The van der Waals surface area contributed by atoms with E-state index in [4.69, 9.17) is 109 Å². The van der Waals surface area contributed by atoms with Gasteiger partial charge in [-0.3, -0.25) is 15.3 Å². The molecule has 0 spiro atoms. The molecular weight excluding hydrogens is 2080 g/mol. The Morgan fingerprint density at radius 1 is 0.546 bits per heavy atom. The van der Waals surface area contributed by atoms with Crippen LogP contribution in [0.2, 0.25) is 0 Å². The zero-order valence-electron chi connectivity index (χ0n) is 77.0. The summed E-state index contributed by atoms with van der Waals surface area (Å²) in [5.41, 5.74) is 15.9. The first-order chi connectivity index (χ1) is 60.3. The summed E-state index contributed by atoms with van der Waals surface area (Å²) in [6.07, 6.45) is 12.9. The molecule has 0 radical (unpaired) electrons. The van der Waals surface area contributed by atoms with Crippen LogP contribution in [0.5, 0.6) is 40.2 Å². The van der Waals surface area contributed by atoms with E-state index in [0.717, 1.165) is 34.8 Å². The Labute approximate surface area is 899 Å². The fourth-order valence-corrected chi connectivity index (χ4v) is 11.6. The Hall–Kier alpha value is -8.76. The zero-order valence-corrected chi connectivity index (χ0v) is 91.8. The van der Waals surface area contributed by atoms with Gasteiger partial charge in [0.25, 0.3) is 6.47 Å². The van der Waals surface area contributed by atoms with Gasteiger partial charge < -0.3 is 70.8 Å². The van der Waals surface area contributed by atoms with Crippen molar-refractivity contribution in [2.45, 2.75) is 178 Å². The number of esters is 2. The van der Waals surface area contributed by atoms with E-state index in [9.17, 15) is 14.9 Å². The maximum Gasteiger partial charge on any atom is 1.00 e. The number of phenols is 1. The first-order valence-corrected chi connectivity index (χ1v) is 44.0. The summed E-state index contributed by atoms with van der Waals surface area (Å²) < 4.78 is 47.9. The van der Waals surface area contributed by atoms with Crippen LogP contribution in [-0.4, -0.2) is 136 Å². The molecule has 2 aromatic heterocycles. The Kier molecular flexibility index (Phi) is 72.4. The van der Waals surface area contributed by atoms with Crippen LogP contribution in [0.15, 0.2) is 164 Å². The normalized spacial score (nSPS) is 9.57. The Bertz CT molecular complexity index is 5200. The standard InChI is InChI=1S/C18H20N4O3.C12H12N4O.C12H14N2OS.C11H12N2OS.C11H10N2O.C9H10Br2O.C6H4Br2O.C6H8O2.C3H7Br.C2H5NO.CH2O3.2K.H/c1-12(2)24-16-8-14(10-19)7-15(9-16)18-20-11-22(21-18)6-5-17(23)25-13(3)4;1-8(2)17-11-4-9(6-13)3-10(5-11)12-14-7-15-16-12;1-8(2)15-11-5-9(7-13)4-10(6-11)12(14)16-3;1-7(2)14-10-4-8(6-12)3-9(5-10)11(13)15;1-8(2)14-11-4-9(6-12)3-10(5-11)7-13;1-6(2)12-9-4-7(10)3-8(11)5-9;7-4-1-5(8)3-6(9)2-4;1-4-6(7)8-5(2)3;1-3(2)4;3-1-2-4;2-1-4-3;;;/h5-9,11-13H,1-4H3;3-5,7-8H,1-2H3,(H,14,15,16);4-6,8,14H,1-3H3;3-5,7H,1-2H3,(H2,13,15);3-5,8H,1-2H3;3-6H,1-2H3;1-3,9H;1,5H,2-3H3;3H,1-2H3;2H,1,3H2;1,3H;;;/q;;;;;;;;;;;2*+1;-1/p-1/b6-5-;;;;;;;;;;;;;. The summed E-state index contributed by atoms with van der Waals surface area (Å²) >= 11 is 22.7. The number of nitrogens with zero attached hydrogens (tertiary/aromatic N) is 11. The van der Waals surface area contributed by atoms with Crippen molar-refractivity contribution in [2.24, 2.45) is 11.5 Å². The quantitative estimate of drug-likeness (QED) is 0.00342. The average molecular weight is 2190 g/mol. The van der Waals surface area contributed by atoms with Gasteiger partial charge in [-0.25, -0.2) is 24.2 Å². The second kappa shape index (κ2) is 73.8. The minimum atomic E-state index is -0.597. The van der Waals surface area contributed by atoms with Crippen LogP contribution in [0.4, 0.5) is 0 Å². The molecule has 7 aromatic carbocycles. The van der Waals surface area contributed by atoms with E-state index in [2.05, 4.69) is 152 Å². The summed E-state index contributed by atoms with van der Waals surface area (Å²) in [6, 6.07) is 48.7. The number of carbonyl (C=O) groups excluding carboxylic acids is 4. The molecule has 130 heavy (non-hydrogen) atoms. The SMILES string of the molecule is C#CC(=O)OC(C)C.CC(C)Br.CC(C)OC(=O)/C=C\n1cnc(-c2cc(C#N)cc(OC(C)C)c2)n1.CC(C)Oc1cc(Br)cc(Br)c1.CC(C)Oc1cc(C#N)cc(-c2ncn[nH]2)c1.CC(C)Oc1cc(C#N)cc(C#N)c1.CC(C)Oc1cc(C#N)cc(C(N)=S)c1.CSC(=N)c1cc(C#N)cc(OC(C)C)c1.NCC=O.O=CO[O-].Oc1cc(Br)cc(Br)c1.[H-].[K+].[K+]. The van der Waals surface area contributed by atoms with Crippen molar-refractivity contribution in [1.29, 1.82) is 37.0 Å². The number of nitrogens with one attached hydrogen (secondary N) is 2. The maximum absolute atomic E-state index is 11.5. The minimum absolute atomic E-state index is 0. The molecule has 682 valence electrons. The van der Waals surface area contributed by atoms with Gasteiger partial charge >= 0.3 is 115 Å². The predicted octanol–water partition coefficient (Wildman–Crippen LogP) is 13.4. The van der Waals surface area contributed by atoms with Crippen LogP contribution in [0, 0.1) is 85.7 Å². The number of benzene rings is 7. The summed E-state index contributed by atoms with van der Waals surface area (Å²) in [4.78, 5) is 51.1. The van der Waals surface area contributed by atoms with Gasteiger partial charge in [0.2, 0.25) is 0 Å². The number of aromatic nitrogens is 6. The van der Waals surface area contributed by atoms with Gasteiger partial charge in [0.05, 0.1) is 124 Å². The van der Waals surface area contributed by atoms with Crippen molar-refractivity contribution in [3.05, 3.63) is 209 Å². The number of carbonyl (C=O) groups is 4. The van der Waals surface area contributed by atoms with E-state index in [-0.39, 0.29) is 177 Å². The molecule has 0 saturated carbocycles. The molecule has 0 saturated heterocycles. The topological polar surface area (TPSA) is 486 Å². The van der Waals surface area contributed by atoms with E-state index >= 15 is 0 Å². The molecule has 0 amide bonds. The third-order valence-electron chi connectivity index (χ3n) is 12.7. The van der Waals surface area contributed by atoms with Gasteiger partial charge in [-0.05, 0) is 244 Å². The van der Waals surface area contributed by atoms with Crippen molar-refractivity contribution in [3.8, 4) is 112 Å². The monoisotopic (exact) mass is 2180 g/mol. The number of hydrogen-bond acceptors (Lipinski definition) is 29. The number of nitriles is 6. The zero-order chi connectivity index (χ0) is 97.7. The number of thioether (sulfide) groups is 1. The van der Waals surface area contributed by atoms with Gasteiger partial charge in [0.15, 0.2) is 11.6 Å². The van der Waals surface area contributed by atoms with Crippen LogP contribution < -0.4 is 148 Å². The van der Waals surface area contributed by atoms with Crippen molar-refractivity contribution in [2.75, 3.05) is 12.8 Å².